The Bertz CT molecular complexity index is 464. The number of amides is 2. The summed E-state index contributed by atoms with van der Waals surface area (Å²) < 4.78 is 0. The Morgan fingerprint density at radius 3 is 2.61 bits per heavy atom. The summed E-state index contributed by atoms with van der Waals surface area (Å²) in [7, 11) is 0. The molecule has 2 amide bonds. The molecular formula is C12H16ClN3O2. The van der Waals surface area contributed by atoms with Crippen LogP contribution in [0.5, 0.6) is 0 Å². The van der Waals surface area contributed by atoms with Crippen LogP contribution in [0.15, 0.2) is 24.3 Å². The molecule has 0 radical (unpaired) electrons. The van der Waals surface area contributed by atoms with Gasteiger partial charge in [0.1, 0.15) is 5.54 Å². The zero-order chi connectivity index (χ0) is 13.8. The lowest BCUT2D eigenvalue weighted by Gasteiger charge is -2.28. The molecule has 0 aliphatic heterocycles. The minimum absolute atomic E-state index is 0.128. The van der Waals surface area contributed by atoms with Crippen LogP contribution >= 0.6 is 11.6 Å². The molecule has 1 aromatic rings. The van der Waals surface area contributed by atoms with Gasteiger partial charge < -0.3 is 16.8 Å². The van der Waals surface area contributed by atoms with Gasteiger partial charge in [0.05, 0.1) is 0 Å². The molecule has 18 heavy (non-hydrogen) atoms. The number of hydrogen-bond acceptors (Lipinski definition) is 3. The topological polar surface area (TPSA) is 98.2 Å². The van der Waals surface area contributed by atoms with Crippen LogP contribution in [-0.4, -0.2) is 18.4 Å². The average molecular weight is 270 g/mol. The summed E-state index contributed by atoms with van der Waals surface area (Å²) in [4.78, 5) is 23.2. The first-order valence-corrected chi connectivity index (χ1v) is 5.85. The number of rotatable bonds is 5. The molecule has 98 valence electrons. The van der Waals surface area contributed by atoms with Crippen molar-refractivity contribution in [1.29, 1.82) is 0 Å². The highest BCUT2D eigenvalue weighted by Gasteiger charge is 2.34. The Labute approximate surface area is 110 Å². The number of nitrogens with two attached hydrogens (primary N) is 2. The second-order valence-corrected chi connectivity index (χ2v) is 4.52. The van der Waals surface area contributed by atoms with E-state index in [1.54, 1.807) is 24.3 Å². The lowest BCUT2D eigenvalue weighted by molar-refractivity contribution is -0.131. The summed E-state index contributed by atoms with van der Waals surface area (Å²) >= 11 is 5.87. The van der Waals surface area contributed by atoms with Crippen molar-refractivity contribution in [3.63, 3.8) is 0 Å². The normalized spacial score (nSPS) is 13.7. The monoisotopic (exact) mass is 269 g/mol. The minimum Gasteiger partial charge on any atom is -0.367 e. The van der Waals surface area contributed by atoms with Gasteiger partial charge in [-0.2, -0.15) is 0 Å². The van der Waals surface area contributed by atoms with E-state index < -0.39 is 11.4 Å². The number of nitrogens with one attached hydrogen (secondary N) is 1. The molecular weight excluding hydrogens is 254 g/mol. The van der Waals surface area contributed by atoms with Crippen LogP contribution in [0.25, 0.3) is 0 Å². The van der Waals surface area contributed by atoms with E-state index in [1.165, 1.54) is 6.92 Å². The van der Waals surface area contributed by atoms with Gasteiger partial charge in [-0.3, -0.25) is 9.59 Å². The lowest BCUT2D eigenvalue weighted by atomic mass is 9.91. The number of benzene rings is 1. The number of carbonyl (C=O) groups excluding carboxylic acids is 2. The van der Waals surface area contributed by atoms with Crippen molar-refractivity contribution in [3.8, 4) is 0 Å². The molecule has 1 aromatic carbocycles. The number of primary amides is 1. The van der Waals surface area contributed by atoms with Gasteiger partial charge in [0.25, 0.3) is 0 Å². The lowest BCUT2D eigenvalue weighted by Crippen LogP contribution is -2.53. The number of hydrogen-bond donors (Lipinski definition) is 3. The first kappa shape index (κ1) is 14.5. The van der Waals surface area contributed by atoms with Crippen molar-refractivity contribution in [3.05, 3.63) is 34.9 Å². The van der Waals surface area contributed by atoms with Crippen molar-refractivity contribution in [2.45, 2.75) is 18.9 Å². The summed E-state index contributed by atoms with van der Waals surface area (Å²) in [6, 6.07) is 6.64. The van der Waals surface area contributed by atoms with Gasteiger partial charge in [-0.15, -0.1) is 0 Å². The number of carbonyl (C=O) groups is 2. The number of halogens is 1. The highest BCUT2D eigenvalue weighted by atomic mass is 35.5. The summed E-state index contributed by atoms with van der Waals surface area (Å²) in [5, 5.41) is 3.05. The fraction of sp³-hybridized carbons (Fsp3) is 0.333. The van der Waals surface area contributed by atoms with Crippen molar-refractivity contribution >= 4 is 23.4 Å². The standard InChI is InChI=1S/C12H16ClN3O2/c1-12(11(15)18,16-10(17)5-6-14)8-3-2-4-9(13)7-8/h2-4,7H,5-6,14H2,1H3,(H2,15,18)(H,16,17). The molecule has 5 nitrogen and oxygen atoms in total. The fourth-order valence-electron chi connectivity index (χ4n) is 1.55. The summed E-state index contributed by atoms with van der Waals surface area (Å²) in [6.45, 7) is 1.74. The van der Waals surface area contributed by atoms with Crippen LogP contribution in [0.1, 0.15) is 18.9 Å². The Morgan fingerprint density at radius 1 is 1.44 bits per heavy atom. The van der Waals surface area contributed by atoms with E-state index in [2.05, 4.69) is 5.32 Å². The maximum Gasteiger partial charge on any atom is 0.247 e. The van der Waals surface area contributed by atoms with Crippen LogP contribution in [-0.2, 0) is 15.1 Å². The molecule has 0 heterocycles. The molecule has 0 fully saturated rings. The first-order valence-electron chi connectivity index (χ1n) is 5.47. The minimum atomic E-state index is -1.29. The SMILES string of the molecule is CC(NC(=O)CCN)(C(N)=O)c1cccc(Cl)c1. The molecule has 1 rings (SSSR count). The third kappa shape index (κ3) is 3.21. The van der Waals surface area contributed by atoms with Gasteiger partial charge in [0.2, 0.25) is 11.8 Å². The van der Waals surface area contributed by atoms with Gasteiger partial charge in [0, 0.05) is 18.0 Å². The fourth-order valence-corrected chi connectivity index (χ4v) is 1.74. The quantitative estimate of drug-likeness (QED) is 0.726. The zero-order valence-corrected chi connectivity index (χ0v) is 10.8. The van der Waals surface area contributed by atoms with Gasteiger partial charge in [-0.05, 0) is 24.6 Å². The predicted octanol–water partition coefficient (Wildman–Crippen LogP) is 0.506. The molecule has 0 aromatic heterocycles. The molecule has 0 spiro atoms. The van der Waals surface area contributed by atoms with Crippen LogP contribution in [0, 0.1) is 0 Å². The smallest absolute Gasteiger partial charge is 0.247 e. The van der Waals surface area contributed by atoms with E-state index in [4.69, 9.17) is 23.1 Å². The van der Waals surface area contributed by atoms with E-state index in [0.717, 1.165) is 0 Å². The maximum absolute atomic E-state index is 11.6. The zero-order valence-electron chi connectivity index (χ0n) is 10.1. The van der Waals surface area contributed by atoms with E-state index in [-0.39, 0.29) is 18.9 Å². The van der Waals surface area contributed by atoms with E-state index >= 15 is 0 Å². The van der Waals surface area contributed by atoms with Crippen molar-refractivity contribution in [1.82, 2.24) is 5.32 Å². The average Bonchev–Trinajstić information content (AvgIpc) is 2.28. The molecule has 0 aliphatic carbocycles. The molecule has 5 N–H and O–H groups in total. The van der Waals surface area contributed by atoms with Gasteiger partial charge in [-0.1, -0.05) is 23.7 Å². The van der Waals surface area contributed by atoms with Crippen molar-refractivity contribution in [2.75, 3.05) is 6.54 Å². The molecule has 0 saturated heterocycles. The van der Waals surface area contributed by atoms with Crippen LogP contribution in [0.3, 0.4) is 0 Å². The van der Waals surface area contributed by atoms with Gasteiger partial charge in [-0.25, -0.2) is 0 Å². The Hall–Kier alpha value is -1.59. The molecule has 1 unspecified atom stereocenters. The summed E-state index contributed by atoms with van der Waals surface area (Å²) in [5.41, 5.74) is 9.90. The largest absolute Gasteiger partial charge is 0.367 e. The highest BCUT2D eigenvalue weighted by Crippen LogP contribution is 2.23. The second kappa shape index (κ2) is 5.84. The molecule has 0 bridgehead atoms. The van der Waals surface area contributed by atoms with Crippen molar-refractivity contribution < 1.29 is 9.59 Å². The van der Waals surface area contributed by atoms with Crippen LogP contribution < -0.4 is 16.8 Å². The van der Waals surface area contributed by atoms with Crippen molar-refractivity contribution in [2.24, 2.45) is 11.5 Å². The van der Waals surface area contributed by atoms with E-state index in [9.17, 15) is 9.59 Å². The predicted molar refractivity (Wildman–Crippen MR) is 69.8 cm³/mol. The van der Waals surface area contributed by atoms with E-state index in [1.807, 2.05) is 0 Å². The second-order valence-electron chi connectivity index (χ2n) is 4.09. The molecule has 1 atom stereocenters. The molecule has 0 aliphatic rings. The van der Waals surface area contributed by atoms with Gasteiger partial charge >= 0.3 is 0 Å². The summed E-state index contributed by atoms with van der Waals surface area (Å²) in [5.74, 6) is -0.992. The van der Waals surface area contributed by atoms with Gasteiger partial charge in [0.15, 0.2) is 0 Å². The Morgan fingerprint density at radius 2 is 2.11 bits per heavy atom. The Balaban J connectivity index is 3.08. The highest BCUT2D eigenvalue weighted by molar-refractivity contribution is 6.30. The third-order valence-corrected chi connectivity index (χ3v) is 2.89. The van der Waals surface area contributed by atoms with E-state index in [0.29, 0.717) is 10.6 Å². The van der Waals surface area contributed by atoms with Crippen LogP contribution in [0.4, 0.5) is 0 Å². The summed E-state index contributed by atoms with van der Waals surface area (Å²) in [6.07, 6.45) is 0.128. The third-order valence-electron chi connectivity index (χ3n) is 2.66. The first-order chi connectivity index (χ1) is 8.40. The maximum atomic E-state index is 11.6. The molecule has 0 saturated carbocycles. The Kier molecular flexibility index (Phi) is 4.69. The van der Waals surface area contributed by atoms with Crippen LogP contribution in [0.2, 0.25) is 5.02 Å². The molecule has 6 heteroatoms.